The van der Waals surface area contributed by atoms with Gasteiger partial charge in [0.2, 0.25) is 0 Å². The molecule has 0 fully saturated rings. The van der Waals surface area contributed by atoms with Gasteiger partial charge in [0.1, 0.15) is 0 Å². The van der Waals surface area contributed by atoms with Crippen LogP contribution in [0.2, 0.25) is 0 Å². The Morgan fingerprint density at radius 3 is 3.25 bits per heavy atom. The molecule has 66 valence electrons. The van der Waals surface area contributed by atoms with E-state index in [1.54, 1.807) is 0 Å². The van der Waals surface area contributed by atoms with Crippen molar-refractivity contribution < 1.29 is 5.11 Å². The fraction of sp³-hybridized carbons (Fsp3) is 0.667. The summed E-state index contributed by atoms with van der Waals surface area (Å²) in [5.74, 6) is 0.736. The van der Waals surface area contributed by atoms with Crippen LogP contribution in [0.1, 0.15) is 30.3 Å². The number of hydrogen-bond acceptors (Lipinski definition) is 2. The molecule has 3 nitrogen and oxygen atoms in total. The molecule has 0 amide bonds. The van der Waals surface area contributed by atoms with Crippen molar-refractivity contribution in [2.75, 3.05) is 0 Å². The van der Waals surface area contributed by atoms with E-state index in [1.807, 2.05) is 0 Å². The van der Waals surface area contributed by atoms with Crippen LogP contribution >= 0.6 is 0 Å². The second-order valence-corrected chi connectivity index (χ2v) is 3.63. The molecule has 12 heavy (non-hydrogen) atoms. The van der Waals surface area contributed by atoms with E-state index < -0.39 is 0 Å². The Bertz CT molecular complexity index is 267. The summed E-state index contributed by atoms with van der Waals surface area (Å²) < 4.78 is 0. The van der Waals surface area contributed by atoms with E-state index in [2.05, 4.69) is 17.1 Å². The van der Waals surface area contributed by atoms with Gasteiger partial charge >= 0.3 is 0 Å². The molecular weight excluding hydrogens is 152 g/mol. The molecule has 0 bridgehead atoms. The van der Waals surface area contributed by atoms with E-state index in [1.165, 1.54) is 17.7 Å². The minimum atomic E-state index is 0.0680. The van der Waals surface area contributed by atoms with Gasteiger partial charge in [-0.25, -0.2) is 0 Å². The number of H-pyrrole nitrogens is 1. The summed E-state index contributed by atoms with van der Waals surface area (Å²) in [7, 11) is 0. The summed E-state index contributed by atoms with van der Waals surface area (Å²) in [5, 5.41) is 16.0. The Balaban J connectivity index is 2.34. The lowest BCUT2D eigenvalue weighted by Crippen LogP contribution is -2.11. The molecule has 2 N–H and O–H groups in total. The number of hydrogen-bond donors (Lipinski definition) is 2. The van der Waals surface area contributed by atoms with Gasteiger partial charge in [-0.05, 0) is 30.7 Å². The second-order valence-electron chi connectivity index (χ2n) is 3.63. The molecule has 1 aromatic heterocycles. The van der Waals surface area contributed by atoms with E-state index >= 15 is 0 Å². The number of aryl methyl sites for hydroxylation is 1. The van der Waals surface area contributed by atoms with E-state index in [0.717, 1.165) is 24.5 Å². The number of aliphatic hydroxyl groups is 1. The summed E-state index contributed by atoms with van der Waals surface area (Å²) in [6, 6.07) is 0. The molecule has 0 aliphatic heterocycles. The molecule has 0 spiro atoms. The van der Waals surface area contributed by atoms with Gasteiger partial charge in [-0.1, -0.05) is 6.92 Å². The predicted octanol–water partition coefficient (Wildman–Crippen LogP) is 1.03. The molecule has 1 heterocycles. The number of rotatable bonds is 1. The van der Waals surface area contributed by atoms with Crippen LogP contribution in [0.15, 0.2) is 0 Å². The summed E-state index contributed by atoms with van der Waals surface area (Å²) >= 11 is 0. The number of nitrogens with zero attached hydrogens (tertiary/aromatic N) is 1. The third-order valence-corrected chi connectivity index (χ3v) is 2.63. The number of aromatic amines is 1. The summed E-state index contributed by atoms with van der Waals surface area (Å²) in [6.07, 6.45) is 3.39. The normalized spacial score (nSPS) is 22.3. The highest BCUT2D eigenvalue weighted by Gasteiger charge is 2.20. The summed E-state index contributed by atoms with van der Waals surface area (Å²) in [6.45, 7) is 2.32. The van der Waals surface area contributed by atoms with Crippen molar-refractivity contribution >= 4 is 0 Å². The predicted molar refractivity (Wildman–Crippen MR) is 45.7 cm³/mol. The van der Waals surface area contributed by atoms with Crippen molar-refractivity contribution in [1.29, 1.82) is 0 Å². The standard InChI is InChI=1S/C9H14N2O/c1-6-2-3-8-7(4-6)9(5-12)11-10-8/h6,12H,2-5H2,1H3,(H,10,11)/t6-/m1/s1. The molecule has 1 aliphatic rings. The largest absolute Gasteiger partial charge is 0.390 e. The zero-order chi connectivity index (χ0) is 8.55. The molecule has 0 unspecified atom stereocenters. The van der Waals surface area contributed by atoms with Crippen LogP contribution in [-0.4, -0.2) is 15.3 Å². The smallest absolute Gasteiger partial charge is 0.0911 e. The number of fused-ring (bicyclic) bond motifs is 1. The highest BCUT2D eigenvalue weighted by molar-refractivity contribution is 5.27. The minimum absolute atomic E-state index is 0.0680. The number of aliphatic hydroxyl groups excluding tert-OH is 1. The van der Waals surface area contributed by atoms with Crippen molar-refractivity contribution in [1.82, 2.24) is 10.2 Å². The Morgan fingerprint density at radius 1 is 1.67 bits per heavy atom. The van der Waals surface area contributed by atoms with Crippen LogP contribution in [-0.2, 0) is 19.4 Å². The minimum Gasteiger partial charge on any atom is -0.390 e. The van der Waals surface area contributed by atoms with Gasteiger partial charge in [0.05, 0.1) is 12.3 Å². The Labute approximate surface area is 71.8 Å². The third-order valence-electron chi connectivity index (χ3n) is 2.63. The quantitative estimate of drug-likeness (QED) is 0.654. The molecule has 0 aromatic carbocycles. The van der Waals surface area contributed by atoms with Gasteiger partial charge in [0.15, 0.2) is 0 Å². The lowest BCUT2D eigenvalue weighted by atomic mass is 9.88. The van der Waals surface area contributed by atoms with Crippen LogP contribution in [0, 0.1) is 5.92 Å². The molecule has 1 aliphatic carbocycles. The molecular formula is C9H14N2O. The summed E-state index contributed by atoms with van der Waals surface area (Å²) in [5.41, 5.74) is 3.34. The Kier molecular flexibility index (Phi) is 1.89. The van der Waals surface area contributed by atoms with Crippen LogP contribution in [0.4, 0.5) is 0 Å². The van der Waals surface area contributed by atoms with Gasteiger partial charge in [0.25, 0.3) is 0 Å². The zero-order valence-electron chi connectivity index (χ0n) is 7.30. The van der Waals surface area contributed by atoms with E-state index in [-0.39, 0.29) is 6.61 Å². The maximum absolute atomic E-state index is 8.99. The lowest BCUT2D eigenvalue weighted by Gasteiger charge is -2.17. The van der Waals surface area contributed by atoms with Gasteiger partial charge in [-0.15, -0.1) is 0 Å². The van der Waals surface area contributed by atoms with Crippen LogP contribution in [0.25, 0.3) is 0 Å². The first kappa shape index (κ1) is 7.80. The monoisotopic (exact) mass is 166 g/mol. The van der Waals surface area contributed by atoms with Crippen LogP contribution in [0.5, 0.6) is 0 Å². The van der Waals surface area contributed by atoms with Crippen LogP contribution < -0.4 is 0 Å². The van der Waals surface area contributed by atoms with E-state index in [0.29, 0.717) is 0 Å². The average molecular weight is 166 g/mol. The zero-order valence-corrected chi connectivity index (χ0v) is 7.30. The highest BCUT2D eigenvalue weighted by atomic mass is 16.3. The Hall–Kier alpha value is -0.830. The van der Waals surface area contributed by atoms with E-state index in [9.17, 15) is 0 Å². The van der Waals surface area contributed by atoms with Gasteiger partial charge < -0.3 is 5.11 Å². The van der Waals surface area contributed by atoms with Crippen molar-refractivity contribution in [2.45, 2.75) is 32.8 Å². The molecule has 0 saturated heterocycles. The van der Waals surface area contributed by atoms with Gasteiger partial charge in [-0.2, -0.15) is 5.10 Å². The maximum Gasteiger partial charge on any atom is 0.0911 e. The highest BCUT2D eigenvalue weighted by Crippen LogP contribution is 2.25. The third kappa shape index (κ3) is 1.14. The van der Waals surface area contributed by atoms with Crippen LogP contribution in [0.3, 0.4) is 0 Å². The second kappa shape index (κ2) is 2.90. The molecule has 0 saturated carbocycles. The van der Waals surface area contributed by atoms with Crippen molar-refractivity contribution in [2.24, 2.45) is 5.92 Å². The molecule has 1 atom stereocenters. The molecule has 3 heteroatoms. The SMILES string of the molecule is C[C@@H]1CCc2[nH]nc(CO)c2C1. The van der Waals surface area contributed by atoms with Crippen molar-refractivity contribution in [3.05, 3.63) is 17.0 Å². The molecule has 2 rings (SSSR count). The molecule has 1 aromatic rings. The first-order valence-corrected chi connectivity index (χ1v) is 4.47. The lowest BCUT2D eigenvalue weighted by molar-refractivity contribution is 0.274. The number of nitrogens with one attached hydrogen (secondary N) is 1. The first-order chi connectivity index (χ1) is 5.81. The van der Waals surface area contributed by atoms with Crippen molar-refractivity contribution in [3.8, 4) is 0 Å². The number of aromatic nitrogens is 2. The average Bonchev–Trinajstić information content (AvgIpc) is 2.46. The van der Waals surface area contributed by atoms with Crippen molar-refractivity contribution in [3.63, 3.8) is 0 Å². The maximum atomic E-state index is 8.99. The van der Waals surface area contributed by atoms with Gasteiger partial charge in [0, 0.05) is 5.69 Å². The summed E-state index contributed by atoms with van der Waals surface area (Å²) in [4.78, 5) is 0. The molecule has 0 radical (unpaired) electrons. The Morgan fingerprint density at radius 2 is 2.50 bits per heavy atom. The first-order valence-electron chi connectivity index (χ1n) is 4.47. The topological polar surface area (TPSA) is 48.9 Å². The van der Waals surface area contributed by atoms with Gasteiger partial charge in [-0.3, -0.25) is 5.10 Å². The van der Waals surface area contributed by atoms with E-state index in [4.69, 9.17) is 5.11 Å². The fourth-order valence-electron chi connectivity index (χ4n) is 1.86. The fourth-order valence-corrected chi connectivity index (χ4v) is 1.86.